The average molecular weight is 355 g/mol. The molecule has 0 aliphatic carbocycles. The van der Waals surface area contributed by atoms with Gasteiger partial charge in [0.05, 0.1) is 0 Å². The quantitative estimate of drug-likeness (QED) is 0.737. The number of hydrogen-bond donors (Lipinski definition) is 1. The molecule has 1 atom stereocenters. The van der Waals surface area contributed by atoms with Gasteiger partial charge >= 0.3 is 5.97 Å². The van der Waals surface area contributed by atoms with E-state index < -0.39 is 12.1 Å². The number of carbonyl (C=O) groups is 2. The Balaban J connectivity index is 1.73. The lowest BCUT2D eigenvalue weighted by Crippen LogP contribution is -2.36. The van der Waals surface area contributed by atoms with Gasteiger partial charge in [0.25, 0.3) is 5.91 Å². The smallest absolute Gasteiger partial charge is 0.344 e. The molecule has 0 saturated carbocycles. The van der Waals surface area contributed by atoms with Crippen LogP contribution in [0.5, 0.6) is 5.75 Å². The Labute approximate surface area is 154 Å². The van der Waals surface area contributed by atoms with Crippen LogP contribution in [0.15, 0.2) is 54.6 Å². The third kappa shape index (κ3) is 6.24. The third-order valence-corrected chi connectivity index (χ3v) is 3.89. The number of amides is 1. The number of ether oxygens (including phenoxy) is 2. The van der Waals surface area contributed by atoms with Crippen LogP contribution in [0.2, 0.25) is 0 Å². The molecule has 0 heterocycles. The lowest BCUT2D eigenvalue weighted by Gasteiger charge is -2.14. The molecule has 0 aliphatic rings. The Morgan fingerprint density at radius 3 is 2.23 bits per heavy atom. The summed E-state index contributed by atoms with van der Waals surface area (Å²) in [7, 11) is 0. The van der Waals surface area contributed by atoms with Gasteiger partial charge < -0.3 is 14.8 Å². The lowest BCUT2D eigenvalue weighted by molar-refractivity contribution is -0.156. The van der Waals surface area contributed by atoms with Crippen LogP contribution < -0.4 is 10.1 Å². The summed E-state index contributed by atoms with van der Waals surface area (Å²) < 4.78 is 10.5. The van der Waals surface area contributed by atoms with Gasteiger partial charge in [0.15, 0.2) is 12.7 Å². The first-order valence-electron chi connectivity index (χ1n) is 8.69. The van der Waals surface area contributed by atoms with E-state index in [1.807, 2.05) is 54.6 Å². The lowest BCUT2D eigenvalue weighted by atomic mass is 10.0. The highest BCUT2D eigenvalue weighted by Crippen LogP contribution is 2.18. The molecule has 0 unspecified atom stereocenters. The number of nitrogens with one attached hydrogen (secondary N) is 1. The Morgan fingerprint density at radius 1 is 0.962 bits per heavy atom. The molecule has 5 heteroatoms. The minimum Gasteiger partial charge on any atom is -0.482 e. The highest BCUT2D eigenvalue weighted by Gasteiger charge is 2.17. The second-order valence-electron chi connectivity index (χ2n) is 6.35. The van der Waals surface area contributed by atoms with Crippen LogP contribution in [0, 0.1) is 0 Å². The average Bonchev–Trinajstić information content (AvgIpc) is 2.65. The highest BCUT2D eigenvalue weighted by molar-refractivity contribution is 5.83. The Hall–Kier alpha value is -2.82. The van der Waals surface area contributed by atoms with Gasteiger partial charge in [-0.05, 0) is 36.1 Å². The fraction of sp³-hybridized carbons (Fsp3) is 0.333. The van der Waals surface area contributed by atoms with Gasteiger partial charge in [-0.25, -0.2) is 4.79 Å². The molecule has 5 nitrogen and oxygen atoms in total. The first kappa shape index (κ1) is 19.5. The second kappa shape index (κ2) is 9.61. The largest absolute Gasteiger partial charge is 0.482 e. The Bertz CT molecular complexity index is 711. The maximum absolute atomic E-state index is 12.0. The van der Waals surface area contributed by atoms with Crippen molar-refractivity contribution in [3.8, 4) is 5.75 Å². The van der Waals surface area contributed by atoms with Crippen molar-refractivity contribution in [1.29, 1.82) is 0 Å². The molecule has 2 rings (SSSR count). The predicted octanol–water partition coefficient (Wildman–Crippen LogP) is 3.44. The van der Waals surface area contributed by atoms with Gasteiger partial charge in [-0.3, -0.25) is 4.79 Å². The van der Waals surface area contributed by atoms with Crippen molar-refractivity contribution in [2.45, 2.75) is 39.3 Å². The van der Waals surface area contributed by atoms with Crippen molar-refractivity contribution >= 4 is 11.9 Å². The van der Waals surface area contributed by atoms with Gasteiger partial charge in [-0.2, -0.15) is 0 Å². The molecule has 0 bridgehead atoms. The Morgan fingerprint density at radius 2 is 1.62 bits per heavy atom. The fourth-order valence-corrected chi connectivity index (χ4v) is 2.30. The van der Waals surface area contributed by atoms with Gasteiger partial charge in [-0.15, -0.1) is 0 Å². The number of carbonyl (C=O) groups excluding carboxylic acids is 2. The van der Waals surface area contributed by atoms with Crippen LogP contribution in [0.1, 0.15) is 37.8 Å². The molecule has 2 aromatic rings. The van der Waals surface area contributed by atoms with E-state index >= 15 is 0 Å². The predicted molar refractivity (Wildman–Crippen MR) is 99.9 cm³/mol. The summed E-state index contributed by atoms with van der Waals surface area (Å²) in [5, 5.41) is 2.74. The third-order valence-electron chi connectivity index (χ3n) is 3.89. The van der Waals surface area contributed by atoms with E-state index in [1.165, 1.54) is 12.5 Å². The van der Waals surface area contributed by atoms with Crippen LogP contribution in [0.4, 0.5) is 0 Å². The molecule has 0 radical (unpaired) electrons. The summed E-state index contributed by atoms with van der Waals surface area (Å²) in [4.78, 5) is 23.9. The fourth-order valence-electron chi connectivity index (χ4n) is 2.30. The van der Waals surface area contributed by atoms with Crippen LogP contribution in [0.25, 0.3) is 0 Å². The monoisotopic (exact) mass is 355 g/mol. The maximum Gasteiger partial charge on any atom is 0.344 e. The molecule has 0 saturated heterocycles. The summed E-state index contributed by atoms with van der Waals surface area (Å²) >= 11 is 0. The van der Waals surface area contributed by atoms with Gasteiger partial charge in [0.2, 0.25) is 0 Å². The van der Waals surface area contributed by atoms with Crippen LogP contribution in [-0.2, 0) is 20.9 Å². The van der Waals surface area contributed by atoms with E-state index in [-0.39, 0.29) is 12.5 Å². The maximum atomic E-state index is 12.0. The van der Waals surface area contributed by atoms with E-state index in [0.717, 1.165) is 5.56 Å². The first-order chi connectivity index (χ1) is 12.5. The van der Waals surface area contributed by atoms with E-state index in [0.29, 0.717) is 18.2 Å². The van der Waals surface area contributed by atoms with Gasteiger partial charge in [-0.1, -0.05) is 56.3 Å². The van der Waals surface area contributed by atoms with E-state index in [9.17, 15) is 9.59 Å². The summed E-state index contributed by atoms with van der Waals surface area (Å²) in [6, 6.07) is 17.1. The summed E-state index contributed by atoms with van der Waals surface area (Å²) in [5.74, 6) is 0.0978. The van der Waals surface area contributed by atoms with Gasteiger partial charge in [0.1, 0.15) is 5.75 Å². The molecule has 0 aliphatic heterocycles. The SMILES string of the molecule is CC(C)c1ccc(OCC(=O)O[C@@H](C)C(=O)NCc2ccccc2)cc1. The summed E-state index contributed by atoms with van der Waals surface area (Å²) in [6.07, 6.45) is -0.877. The van der Waals surface area contributed by atoms with Crippen molar-refractivity contribution in [2.75, 3.05) is 6.61 Å². The van der Waals surface area contributed by atoms with E-state index in [2.05, 4.69) is 19.2 Å². The van der Waals surface area contributed by atoms with Crippen molar-refractivity contribution in [3.05, 3.63) is 65.7 Å². The Kier molecular flexibility index (Phi) is 7.21. The normalized spacial score (nSPS) is 11.7. The highest BCUT2D eigenvalue weighted by atomic mass is 16.6. The number of rotatable bonds is 8. The standard InChI is InChI=1S/C21H25NO4/c1-15(2)18-9-11-19(12-10-18)25-14-20(23)26-16(3)21(24)22-13-17-7-5-4-6-8-17/h4-12,15-16H,13-14H2,1-3H3,(H,22,24)/t16-/m0/s1. The molecule has 0 fully saturated rings. The molecule has 26 heavy (non-hydrogen) atoms. The topological polar surface area (TPSA) is 64.6 Å². The van der Waals surface area contributed by atoms with Crippen LogP contribution in [-0.4, -0.2) is 24.6 Å². The van der Waals surface area contributed by atoms with E-state index in [4.69, 9.17) is 9.47 Å². The minimum absolute atomic E-state index is 0.239. The number of hydrogen-bond acceptors (Lipinski definition) is 4. The zero-order valence-corrected chi connectivity index (χ0v) is 15.4. The molecule has 2 aromatic carbocycles. The molecule has 0 spiro atoms. The van der Waals surface area contributed by atoms with Crippen molar-refractivity contribution < 1.29 is 19.1 Å². The first-order valence-corrected chi connectivity index (χ1v) is 8.69. The molecular weight excluding hydrogens is 330 g/mol. The van der Waals surface area contributed by atoms with E-state index in [1.54, 1.807) is 0 Å². The minimum atomic E-state index is -0.877. The van der Waals surface area contributed by atoms with Gasteiger partial charge in [0, 0.05) is 6.54 Å². The number of benzene rings is 2. The zero-order chi connectivity index (χ0) is 18.9. The second-order valence-corrected chi connectivity index (χ2v) is 6.35. The van der Waals surface area contributed by atoms with Crippen molar-refractivity contribution in [2.24, 2.45) is 0 Å². The van der Waals surface area contributed by atoms with Crippen molar-refractivity contribution in [3.63, 3.8) is 0 Å². The van der Waals surface area contributed by atoms with Crippen LogP contribution in [0.3, 0.4) is 0 Å². The molecule has 138 valence electrons. The molecule has 1 N–H and O–H groups in total. The van der Waals surface area contributed by atoms with Crippen molar-refractivity contribution in [1.82, 2.24) is 5.32 Å². The summed E-state index contributed by atoms with van der Waals surface area (Å²) in [6.45, 7) is 5.90. The molecular formula is C21H25NO4. The molecule has 1 amide bonds. The van der Waals surface area contributed by atoms with Crippen LogP contribution >= 0.6 is 0 Å². The molecule has 0 aromatic heterocycles. The summed E-state index contributed by atoms with van der Waals surface area (Å²) in [5.41, 5.74) is 2.18. The zero-order valence-electron chi connectivity index (χ0n) is 15.4. The number of esters is 1.